The van der Waals surface area contributed by atoms with Gasteiger partial charge in [0, 0.05) is 39.3 Å². The van der Waals surface area contributed by atoms with E-state index in [4.69, 9.17) is 0 Å². The number of piperidine rings is 1. The predicted octanol–water partition coefficient (Wildman–Crippen LogP) is 2.46. The first kappa shape index (κ1) is 20.3. The number of amides is 1. The average Bonchev–Trinajstić information content (AvgIpc) is 3.08. The maximum atomic E-state index is 12.8. The van der Waals surface area contributed by atoms with Gasteiger partial charge in [-0.2, -0.15) is 4.31 Å². The third-order valence-electron chi connectivity index (χ3n) is 5.42. The molecule has 9 heteroatoms. The van der Waals surface area contributed by atoms with Crippen LogP contribution in [0.5, 0.6) is 0 Å². The molecule has 1 atom stereocenters. The van der Waals surface area contributed by atoms with Gasteiger partial charge in [0.05, 0.1) is 9.83 Å². The van der Waals surface area contributed by atoms with E-state index >= 15 is 0 Å². The van der Waals surface area contributed by atoms with Gasteiger partial charge in [-0.1, -0.05) is 6.92 Å². The number of nitrogens with zero attached hydrogens (tertiary/aromatic N) is 3. The van der Waals surface area contributed by atoms with E-state index in [1.807, 2.05) is 11.8 Å². The number of rotatable bonds is 4. The van der Waals surface area contributed by atoms with E-state index in [9.17, 15) is 13.2 Å². The average molecular weight is 464 g/mol. The van der Waals surface area contributed by atoms with Crippen molar-refractivity contribution in [1.29, 1.82) is 0 Å². The van der Waals surface area contributed by atoms with Crippen molar-refractivity contribution in [2.45, 2.75) is 36.9 Å². The van der Waals surface area contributed by atoms with Crippen molar-refractivity contribution in [3.63, 3.8) is 0 Å². The Labute approximate surface area is 168 Å². The van der Waals surface area contributed by atoms with Crippen LogP contribution in [0.3, 0.4) is 0 Å². The molecule has 6 nitrogen and oxygen atoms in total. The highest BCUT2D eigenvalue weighted by Crippen LogP contribution is 2.29. The molecule has 146 valence electrons. The summed E-state index contributed by atoms with van der Waals surface area (Å²) in [4.78, 5) is 16.8. The minimum absolute atomic E-state index is 0.176. The first-order valence-electron chi connectivity index (χ1n) is 9.07. The SMILES string of the molecule is CC1CCN(C(=O)C(C)N2CCN(S(=O)(=O)c3ccc(Br)s3)CC2)CC1. The number of hydrogen-bond donors (Lipinski definition) is 0. The Kier molecular flexibility index (Phi) is 6.44. The molecule has 2 aliphatic heterocycles. The van der Waals surface area contributed by atoms with E-state index < -0.39 is 10.0 Å². The number of sulfonamides is 1. The number of thiophene rings is 1. The number of likely N-dealkylation sites (tertiary alicyclic amines) is 1. The van der Waals surface area contributed by atoms with E-state index in [0.717, 1.165) is 29.7 Å². The van der Waals surface area contributed by atoms with Gasteiger partial charge in [0.1, 0.15) is 4.21 Å². The second-order valence-corrected chi connectivity index (χ2v) is 11.8. The molecule has 1 unspecified atom stereocenters. The van der Waals surface area contributed by atoms with Crippen LogP contribution in [0.25, 0.3) is 0 Å². The lowest BCUT2D eigenvalue weighted by molar-refractivity contribution is -0.138. The number of piperazine rings is 1. The van der Waals surface area contributed by atoms with E-state index in [1.165, 1.54) is 15.6 Å². The molecule has 0 bridgehead atoms. The normalized spacial score (nSPS) is 22.5. The van der Waals surface area contributed by atoms with E-state index in [-0.39, 0.29) is 11.9 Å². The molecule has 0 saturated carbocycles. The summed E-state index contributed by atoms with van der Waals surface area (Å²) >= 11 is 4.55. The molecule has 26 heavy (non-hydrogen) atoms. The van der Waals surface area contributed by atoms with Crippen molar-refractivity contribution in [1.82, 2.24) is 14.1 Å². The van der Waals surface area contributed by atoms with Crippen LogP contribution in [0, 0.1) is 5.92 Å². The van der Waals surface area contributed by atoms with Gasteiger partial charge in [0.15, 0.2) is 0 Å². The molecule has 0 radical (unpaired) electrons. The molecule has 0 aliphatic carbocycles. The van der Waals surface area contributed by atoms with Crippen molar-refractivity contribution < 1.29 is 13.2 Å². The van der Waals surface area contributed by atoms with Gasteiger partial charge >= 0.3 is 0 Å². The molecule has 2 fully saturated rings. The Bertz CT molecular complexity index is 736. The largest absolute Gasteiger partial charge is 0.341 e. The second kappa shape index (κ2) is 8.26. The number of carbonyl (C=O) groups is 1. The van der Waals surface area contributed by atoms with Crippen LogP contribution in [0.4, 0.5) is 0 Å². The van der Waals surface area contributed by atoms with Crippen LogP contribution in [-0.2, 0) is 14.8 Å². The van der Waals surface area contributed by atoms with Gasteiger partial charge in [-0.3, -0.25) is 9.69 Å². The third kappa shape index (κ3) is 4.32. The Hall–Kier alpha value is -0.480. The number of halogens is 1. The fraction of sp³-hybridized carbons (Fsp3) is 0.706. The summed E-state index contributed by atoms with van der Waals surface area (Å²) in [6.07, 6.45) is 2.14. The zero-order valence-corrected chi connectivity index (χ0v) is 18.4. The van der Waals surface area contributed by atoms with E-state index in [0.29, 0.717) is 36.3 Å². The summed E-state index contributed by atoms with van der Waals surface area (Å²) in [5.74, 6) is 0.871. The lowest BCUT2D eigenvalue weighted by atomic mass is 9.98. The van der Waals surface area contributed by atoms with Crippen LogP contribution >= 0.6 is 27.3 Å². The highest BCUT2D eigenvalue weighted by atomic mass is 79.9. The van der Waals surface area contributed by atoms with Crippen molar-refractivity contribution in [2.24, 2.45) is 5.92 Å². The highest BCUT2D eigenvalue weighted by Gasteiger charge is 2.34. The summed E-state index contributed by atoms with van der Waals surface area (Å²) in [7, 11) is -3.44. The molecular weight excluding hydrogens is 438 g/mol. The maximum Gasteiger partial charge on any atom is 0.252 e. The molecule has 1 amide bonds. The van der Waals surface area contributed by atoms with Crippen molar-refractivity contribution in [3.8, 4) is 0 Å². The van der Waals surface area contributed by atoms with Gasteiger partial charge in [-0.15, -0.1) is 11.3 Å². The van der Waals surface area contributed by atoms with E-state index in [1.54, 1.807) is 12.1 Å². The minimum Gasteiger partial charge on any atom is -0.341 e. The third-order valence-corrected chi connectivity index (χ3v) is 9.41. The van der Waals surface area contributed by atoms with Crippen LogP contribution in [-0.4, -0.2) is 73.7 Å². The first-order valence-corrected chi connectivity index (χ1v) is 12.1. The van der Waals surface area contributed by atoms with Crippen molar-refractivity contribution in [3.05, 3.63) is 15.9 Å². The number of hydrogen-bond acceptors (Lipinski definition) is 5. The van der Waals surface area contributed by atoms with Gasteiger partial charge in [0.2, 0.25) is 5.91 Å². The Balaban J connectivity index is 1.57. The predicted molar refractivity (Wildman–Crippen MR) is 107 cm³/mol. The Morgan fingerprint density at radius 3 is 2.31 bits per heavy atom. The van der Waals surface area contributed by atoms with Crippen molar-refractivity contribution in [2.75, 3.05) is 39.3 Å². The molecule has 2 saturated heterocycles. The van der Waals surface area contributed by atoms with Gasteiger partial charge in [0.25, 0.3) is 10.0 Å². The summed E-state index contributed by atoms with van der Waals surface area (Å²) in [6, 6.07) is 3.21. The van der Waals surface area contributed by atoms with Gasteiger partial charge < -0.3 is 4.90 Å². The molecule has 3 heterocycles. The summed E-state index contributed by atoms with van der Waals surface area (Å²) < 4.78 is 28.1. The maximum absolute atomic E-state index is 12.8. The fourth-order valence-electron chi connectivity index (χ4n) is 3.54. The quantitative estimate of drug-likeness (QED) is 0.687. The second-order valence-electron chi connectivity index (χ2n) is 7.18. The fourth-order valence-corrected chi connectivity index (χ4v) is 7.13. The standard InChI is InChI=1S/C17H26BrN3O3S2/c1-13-5-7-20(8-6-13)17(22)14(2)19-9-11-21(12-10-19)26(23,24)16-4-3-15(18)25-16/h3-4,13-14H,5-12H2,1-2H3. The number of carbonyl (C=O) groups excluding carboxylic acids is 1. The summed E-state index contributed by atoms with van der Waals surface area (Å²) in [6.45, 7) is 7.88. The lowest BCUT2D eigenvalue weighted by Crippen LogP contribution is -2.56. The topological polar surface area (TPSA) is 60.9 Å². The monoisotopic (exact) mass is 463 g/mol. The molecule has 1 aromatic heterocycles. The van der Waals surface area contributed by atoms with Crippen LogP contribution < -0.4 is 0 Å². The van der Waals surface area contributed by atoms with Crippen LogP contribution in [0.15, 0.2) is 20.1 Å². The zero-order valence-electron chi connectivity index (χ0n) is 15.2. The van der Waals surface area contributed by atoms with Crippen molar-refractivity contribution >= 4 is 43.2 Å². The Morgan fingerprint density at radius 2 is 1.77 bits per heavy atom. The minimum atomic E-state index is -3.44. The van der Waals surface area contributed by atoms with Crippen LogP contribution in [0.2, 0.25) is 0 Å². The van der Waals surface area contributed by atoms with Gasteiger partial charge in [-0.05, 0) is 53.7 Å². The molecule has 0 aromatic carbocycles. The zero-order chi connectivity index (χ0) is 18.9. The molecule has 3 rings (SSSR count). The summed E-state index contributed by atoms with van der Waals surface area (Å²) in [5.41, 5.74) is 0. The first-order chi connectivity index (χ1) is 12.3. The molecular formula is C17H26BrN3O3S2. The Morgan fingerprint density at radius 1 is 1.15 bits per heavy atom. The smallest absolute Gasteiger partial charge is 0.252 e. The highest BCUT2D eigenvalue weighted by molar-refractivity contribution is 9.11. The van der Waals surface area contributed by atoms with Crippen LogP contribution in [0.1, 0.15) is 26.7 Å². The van der Waals surface area contributed by atoms with E-state index in [2.05, 4.69) is 27.8 Å². The molecule has 1 aromatic rings. The summed E-state index contributed by atoms with van der Waals surface area (Å²) in [5, 5.41) is 0. The molecule has 2 aliphatic rings. The lowest BCUT2D eigenvalue weighted by Gasteiger charge is -2.39. The van der Waals surface area contributed by atoms with Gasteiger partial charge in [-0.25, -0.2) is 8.42 Å². The molecule has 0 spiro atoms. The molecule has 0 N–H and O–H groups in total.